The number of nitrogens with zero attached hydrogens (tertiary/aromatic N) is 1. The summed E-state index contributed by atoms with van der Waals surface area (Å²) in [5, 5.41) is 2.84. The number of fused-ring (bicyclic) bond motifs is 1. The van der Waals surface area contributed by atoms with Crippen LogP contribution >= 0.6 is 34.9 Å². The molecule has 1 N–H and O–H groups in total. The first-order valence-electron chi connectivity index (χ1n) is 6.76. The van der Waals surface area contributed by atoms with Gasteiger partial charge in [0, 0.05) is 22.2 Å². The fourth-order valence-electron chi connectivity index (χ4n) is 2.55. The molecule has 0 aliphatic heterocycles. The molecule has 0 aromatic carbocycles. The Hall–Kier alpha value is -1.24. The van der Waals surface area contributed by atoms with E-state index >= 15 is 0 Å². The Morgan fingerprint density at radius 1 is 1.43 bits per heavy atom. The van der Waals surface area contributed by atoms with Crippen molar-refractivity contribution < 1.29 is 0 Å². The van der Waals surface area contributed by atoms with Gasteiger partial charge in [0.25, 0.3) is 5.56 Å². The Morgan fingerprint density at radius 2 is 2.19 bits per heavy atom. The van der Waals surface area contributed by atoms with E-state index in [1.807, 2.05) is 26.8 Å². The maximum absolute atomic E-state index is 12.8. The summed E-state index contributed by atoms with van der Waals surface area (Å²) in [5.41, 5.74) is 1.09. The fourth-order valence-corrected chi connectivity index (χ4v) is 4.86. The first-order chi connectivity index (χ1) is 9.99. The highest BCUT2D eigenvalue weighted by atomic mass is 32.1. The normalized spacial score (nSPS) is 12.9. The van der Waals surface area contributed by atoms with Crippen molar-refractivity contribution in [3.05, 3.63) is 48.0 Å². The molecule has 110 valence electrons. The molecule has 3 rings (SSSR count). The van der Waals surface area contributed by atoms with Gasteiger partial charge in [0.1, 0.15) is 4.83 Å². The molecule has 0 bridgehead atoms. The van der Waals surface area contributed by atoms with Gasteiger partial charge in [-0.3, -0.25) is 9.36 Å². The average molecular weight is 337 g/mol. The van der Waals surface area contributed by atoms with Gasteiger partial charge in [-0.1, -0.05) is 6.07 Å². The molecule has 3 nitrogen and oxygen atoms in total. The quantitative estimate of drug-likeness (QED) is 0.710. The predicted molar refractivity (Wildman–Crippen MR) is 93.5 cm³/mol. The van der Waals surface area contributed by atoms with Crippen molar-refractivity contribution in [3.8, 4) is 0 Å². The van der Waals surface area contributed by atoms with Crippen molar-refractivity contribution in [2.24, 2.45) is 0 Å². The van der Waals surface area contributed by atoms with Gasteiger partial charge in [0.15, 0.2) is 4.77 Å². The van der Waals surface area contributed by atoms with Gasteiger partial charge in [-0.15, -0.1) is 22.7 Å². The molecule has 3 heterocycles. The van der Waals surface area contributed by atoms with Crippen molar-refractivity contribution >= 4 is 45.1 Å². The van der Waals surface area contributed by atoms with E-state index in [2.05, 4.69) is 16.4 Å². The molecule has 0 aliphatic rings. The first-order valence-corrected chi connectivity index (χ1v) is 8.86. The zero-order chi connectivity index (χ0) is 15.1. The molecule has 3 aromatic heterocycles. The molecule has 0 radical (unpaired) electrons. The minimum atomic E-state index is 0.0275. The van der Waals surface area contributed by atoms with E-state index in [0.29, 0.717) is 4.77 Å². The van der Waals surface area contributed by atoms with Gasteiger partial charge in [-0.2, -0.15) is 0 Å². The fraction of sp³-hybridized carbons (Fsp3) is 0.333. The van der Waals surface area contributed by atoms with E-state index in [4.69, 9.17) is 12.2 Å². The van der Waals surface area contributed by atoms with Crippen LogP contribution in [-0.2, 0) is 6.42 Å². The predicted octanol–water partition coefficient (Wildman–Crippen LogP) is 4.60. The lowest BCUT2D eigenvalue weighted by Gasteiger charge is -2.14. The summed E-state index contributed by atoms with van der Waals surface area (Å²) < 4.78 is 2.23. The Morgan fingerprint density at radius 3 is 2.86 bits per heavy atom. The van der Waals surface area contributed by atoms with Crippen molar-refractivity contribution in [2.45, 2.75) is 33.2 Å². The molecule has 6 heteroatoms. The van der Waals surface area contributed by atoms with E-state index in [-0.39, 0.29) is 11.6 Å². The topological polar surface area (TPSA) is 37.8 Å². The smallest absolute Gasteiger partial charge is 0.263 e. The van der Waals surface area contributed by atoms with Crippen LogP contribution in [-0.4, -0.2) is 9.55 Å². The summed E-state index contributed by atoms with van der Waals surface area (Å²) in [6.07, 6.45) is 0.822. The number of nitrogens with one attached hydrogen (secondary N) is 1. The molecule has 1 unspecified atom stereocenters. The molecule has 0 aliphatic carbocycles. The van der Waals surface area contributed by atoms with E-state index in [1.54, 1.807) is 27.2 Å². The summed E-state index contributed by atoms with van der Waals surface area (Å²) in [7, 11) is 0. The molecule has 0 saturated carbocycles. The number of aryl methyl sites for hydroxylation is 2. The van der Waals surface area contributed by atoms with Gasteiger partial charge in [0.05, 0.1) is 5.39 Å². The van der Waals surface area contributed by atoms with Crippen LogP contribution in [0.5, 0.6) is 0 Å². The van der Waals surface area contributed by atoms with Crippen LogP contribution in [0.15, 0.2) is 22.3 Å². The van der Waals surface area contributed by atoms with Crippen LogP contribution in [0.1, 0.15) is 28.3 Å². The molecule has 0 saturated heterocycles. The lowest BCUT2D eigenvalue weighted by Crippen LogP contribution is -2.26. The largest absolute Gasteiger partial charge is 0.323 e. The lowest BCUT2D eigenvalue weighted by atomic mass is 10.2. The van der Waals surface area contributed by atoms with Crippen LogP contribution in [0.25, 0.3) is 10.2 Å². The van der Waals surface area contributed by atoms with Gasteiger partial charge < -0.3 is 4.98 Å². The number of thiophene rings is 2. The van der Waals surface area contributed by atoms with E-state index in [9.17, 15) is 4.79 Å². The highest BCUT2D eigenvalue weighted by Gasteiger charge is 2.16. The third-order valence-electron chi connectivity index (χ3n) is 3.77. The van der Waals surface area contributed by atoms with E-state index in [1.165, 1.54) is 4.88 Å². The van der Waals surface area contributed by atoms with E-state index < -0.39 is 0 Å². The minimum Gasteiger partial charge on any atom is -0.323 e. The summed E-state index contributed by atoms with van der Waals surface area (Å²) in [6.45, 7) is 6.08. The molecule has 0 fully saturated rings. The average Bonchev–Trinajstić information content (AvgIpc) is 2.99. The van der Waals surface area contributed by atoms with Crippen LogP contribution < -0.4 is 5.56 Å². The second-order valence-electron chi connectivity index (χ2n) is 5.23. The Bertz CT molecular complexity index is 900. The van der Waals surface area contributed by atoms with E-state index in [0.717, 1.165) is 27.1 Å². The molecular weight excluding hydrogens is 320 g/mol. The Labute approximate surface area is 135 Å². The zero-order valence-electron chi connectivity index (χ0n) is 12.1. The number of aromatic nitrogens is 2. The van der Waals surface area contributed by atoms with Crippen LogP contribution in [0.4, 0.5) is 0 Å². The van der Waals surface area contributed by atoms with Crippen molar-refractivity contribution in [3.63, 3.8) is 0 Å². The third-order valence-corrected chi connectivity index (χ3v) is 6.09. The maximum atomic E-state index is 12.8. The number of rotatable bonds is 3. The molecule has 3 aromatic rings. The summed E-state index contributed by atoms with van der Waals surface area (Å²) in [6, 6.07) is 4.17. The summed E-state index contributed by atoms with van der Waals surface area (Å²) in [4.78, 5) is 19.4. The van der Waals surface area contributed by atoms with Gasteiger partial charge in [-0.25, -0.2) is 0 Å². The highest BCUT2D eigenvalue weighted by Crippen LogP contribution is 2.26. The highest BCUT2D eigenvalue weighted by molar-refractivity contribution is 7.71. The molecule has 0 amide bonds. The second-order valence-corrected chi connectivity index (χ2v) is 7.87. The van der Waals surface area contributed by atoms with Crippen molar-refractivity contribution in [1.29, 1.82) is 0 Å². The van der Waals surface area contributed by atoms with Crippen molar-refractivity contribution in [2.75, 3.05) is 0 Å². The van der Waals surface area contributed by atoms with Crippen LogP contribution in [0.2, 0.25) is 0 Å². The van der Waals surface area contributed by atoms with Gasteiger partial charge in [0.2, 0.25) is 0 Å². The Kier molecular flexibility index (Phi) is 3.86. The van der Waals surface area contributed by atoms with Crippen molar-refractivity contribution in [1.82, 2.24) is 9.55 Å². The molecule has 21 heavy (non-hydrogen) atoms. The molecule has 1 atom stereocenters. The number of hydrogen-bond donors (Lipinski definition) is 1. The number of H-pyrrole nitrogens is 1. The number of hydrogen-bond acceptors (Lipinski definition) is 4. The molecule has 0 spiro atoms. The second kappa shape index (κ2) is 5.51. The third kappa shape index (κ3) is 2.52. The molecular formula is C15H16N2OS3. The van der Waals surface area contributed by atoms with Crippen LogP contribution in [0, 0.1) is 18.6 Å². The monoisotopic (exact) mass is 336 g/mol. The summed E-state index contributed by atoms with van der Waals surface area (Å²) in [5.74, 6) is 0. The first kappa shape index (κ1) is 14.7. The lowest BCUT2D eigenvalue weighted by molar-refractivity contribution is 0.520. The SMILES string of the molecule is Cc1sc2[nH]c(=S)n(C(C)Cc3cccs3)c(=O)c2c1C. The standard InChI is InChI=1S/C15H16N2OS3/c1-8(7-11-5-4-6-20-11)17-14(18)12-9(2)10(3)21-13(12)16-15(17)19/h4-6,8H,7H2,1-3H3,(H,16,19). The Balaban J connectivity index is 2.16. The van der Waals surface area contributed by atoms with Crippen LogP contribution in [0.3, 0.4) is 0 Å². The maximum Gasteiger partial charge on any atom is 0.263 e. The summed E-state index contributed by atoms with van der Waals surface area (Å²) >= 11 is 8.72. The minimum absolute atomic E-state index is 0.0275. The zero-order valence-corrected chi connectivity index (χ0v) is 14.5. The van der Waals surface area contributed by atoms with Gasteiger partial charge >= 0.3 is 0 Å². The van der Waals surface area contributed by atoms with Gasteiger partial charge in [-0.05, 0) is 50.0 Å². The number of aromatic amines is 1.